The molecule has 52 valence electrons. The second-order valence-electron chi connectivity index (χ2n) is 4.33. The molecule has 0 amide bonds. The van der Waals surface area contributed by atoms with Gasteiger partial charge < -0.3 is 0 Å². The zero-order valence-electron chi connectivity index (χ0n) is 6.89. The van der Waals surface area contributed by atoms with Crippen molar-refractivity contribution in [3.63, 3.8) is 0 Å². The zero-order chi connectivity index (χ0) is 7.02. The van der Waals surface area contributed by atoms with Crippen molar-refractivity contribution >= 4 is 6.75 Å². The molecule has 0 atom stereocenters. The molecule has 0 unspecified atom stereocenters. The van der Waals surface area contributed by atoms with Gasteiger partial charge in [-0.05, 0) is 0 Å². The number of hydrogen-bond donors (Lipinski definition) is 0. The minimum absolute atomic E-state index is 1.35. The van der Waals surface area contributed by atoms with Gasteiger partial charge in [0.25, 0.3) is 0 Å². The summed E-state index contributed by atoms with van der Waals surface area (Å²) < 4.78 is 2.34. The Morgan fingerprint density at radius 2 is 1.00 bits per heavy atom. The fourth-order valence-electron chi connectivity index (χ4n) is 0. The molecule has 8 heavy (non-hydrogen) atoms. The fraction of sp³-hybridized carbons (Fsp3) is 1.00. The van der Waals surface area contributed by atoms with Gasteiger partial charge in [-0.2, -0.15) is 0 Å². The van der Waals surface area contributed by atoms with E-state index in [1.807, 2.05) is 0 Å². The van der Waals surface area contributed by atoms with Crippen LogP contribution in [0.4, 0.5) is 0 Å². The van der Waals surface area contributed by atoms with Crippen LogP contribution in [-0.2, 0) is 0 Å². The Balaban J connectivity index is 4.14. The first-order valence-corrected chi connectivity index (χ1v) is 6.86. The predicted molar refractivity (Wildman–Crippen MR) is 44.3 cm³/mol. The van der Waals surface area contributed by atoms with Gasteiger partial charge >= 0.3 is 52.2 Å². The normalized spacial score (nSPS) is 18.1. The molecule has 0 N–H and O–H groups in total. The van der Waals surface area contributed by atoms with Gasteiger partial charge in [0.1, 0.15) is 0 Å². The van der Waals surface area contributed by atoms with Gasteiger partial charge in [0.2, 0.25) is 0 Å². The molecule has 0 aliphatic rings. The molecule has 0 saturated heterocycles. The fourth-order valence-corrected chi connectivity index (χ4v) is 0. The molecule has 0 aromatic rings. The van der Waals surface area contributed by atoms with E-state index < -0.39 is 6.75 Å². The molecule has 2 heteroatoms. The predicted octanol–water partition coefficient (Wildman–Crippen LogP) is 1.54. The van der Waals surface area contributed by atoms with Gasteiger partial charge in [-0.3, -0.25) is 0 Å². The molecule has 0 heterocycles. The van der Waals surface area contributed by atoms with E-state index in [-0.39, 0.29) is 0 Å². The Morgan fingerprint density at radius 3 is 1.00 bits per heavy atom. The van der Waals surface area contributed by atoms with Crippen molar-refractivity contribution in [1.82, 2.24) is 4.67 Å². The molecule has 0 fully saturated rings. The summed E-state index contributed by atoms with van der Waals surface area (Å²) in [6.07, 6.45) is 0. The van der Waals surface area contributed by atoms with E-state index in [0.29, 0.717) is 0 Å². The van der Waals surface area contributed by atoms with Crippen LogP contribution in [0.2, 0.25) is 0 Å². The monoisotopic (exact) mass is 135 g/mol. The molecule has 0 radical (unpaired) electrons. The molecule has 0 rings (SSSR count). The minimum atomic E-state index is -1.35. The third-order valence-corrected chi connectivity index (χ3v) is 4.80. The second kappa shape index (κ2) is 1.68. The van der Waals surface area contributed by atoms with E-state index in [2.05, 4.69) is 45.4 Å². The van der Waals surface area contributed by atoms with Crippen LogP contribution in [0.1, 0.15) is 0 Å². The van der Waals surface area contributed by atoms with Crippen molar-refractivity contribution in [3.05, 3.63) is 0 Å². The van der Waals surface area contributed by atoms with Crippen molar-refractivity contribution in [3.8, 4) is 0 Å². The van der Waals surface area contributed by atoms with Gasteiger partial charge in [-0.15, -0.1) is 0 Å². The van der Waals surface area contributed by atoms with Crippen LogP contribution in [0, 0.1) is 0 Å². The van der Waals surface area contributed by atoms with Gasteiger partial charge in [0.15, 0.2) is 0 Å². The third-order valence-electron chi connectivity index (χ3n) is 1.60. The van der Waals surface area contributed by atoms with E-state index >= 15 is 0 Å². The maximum absolute atomic E-state index is 2.34. The average Bonchev–Trinajstić information content (AvgIpc) is 1.27. The standard InChI is InChI=1S/C6H18NP/c1-7(2)8(3,4,5)6/h1-6H3. The van der Waals surface area contributed by atoms with Crippen molar-refractivity contribution < 1.29 is 0 Å². The van der Waals surface area contributed by atoms with Crippen LogP contribution in [0.5, 0.6) is 0 Å². The van der Waals surface area contributed by atoms with Gasteiger partial charge in [0, 0.05) is 0 Å². The van der Waals surface area contributed by atoms with Crippen LogP contribution < -0.4 is 0 Å². The number of rotatable bonds is 1. The number of hydrogen-bond acceptors (Lipinski definition) is 1. The Kier molecular flexibility index (Phi) is 1.77. The second-order valence-corrected chi connectivity index (χ2v) is 12.1. The van der Waals surface area contributed by atoms with E-state index in [1.54, 1.807) is 0 Å². The molecule has 0 aliphatic carbocycles. The van der Waals surface area contributed by atoms with Crippen molar-refractivity contribution in [2.75, 3.05) is 40.8 Å². The van der Waals surface area contributed by atoms with Crippen molar-refractivity contribution in [2.45, 2.75) is 0 Å². The van der Waals surface area contributed by atoms with Crippen LogP contribution >= 0.6 is 6.75 Å². The maximum atomic E-state index is 2.34. The Bertz CT molecular complexity index is 79.2. The summed E-state index contributed by atoms with van der Waals surface area (Å²) in [6.45, 7) is 8.00. The average molecular weight is 135 g/mol. The van der Waals surface area contributed by atoms with E-state index in [0.717, 1.165) is 0 Å². The van der Waals surface area contributed by atoms with E-state index in [1.165, 1.54) is 0 Å². The van der Waals surface area contributed by atoms with Gasteiger partial charge in [-0.25, -0.2) is 0 Å². The molecule has 1 nitrogen and oxygen atoms in total. The molecule has 0 aromatic heterocycles. The van der Waals surface area contributed by atoms with E-state index in [9.17, 15) is 0 Å². The first-order valence-electron chi connectivity index (χ1n) is 2.88. The van der Waals surface area contributed by atoms with Gasteiger partial charge in [-0.1, -0.05) is 0 Å². The van der Waals surface area contributed by atoms with Gasteiger partial charge in [0.05, 0.1) is 0 Å². The summed E-state index contributed by atoms with van der Waals surface area (Å²) in [5.74, 6) is 0. The van der Waals surface area contributed by atoms with Crippen LogP contribution in [-0.4, -0.2) is 45.4 Å². The zero-order valence-corrected chi connectivity index (χ0v) is 7.79. The van der Waals surface area contributed by atoms with Crippen LogP contribution in [0.25, 0.3) is 0 Å². The molecular formula is C6H18NP. The summed E-state index contributed by atoms with van der Waals surface area (Å²) >= 11 is 0. The van der Waals surface area contributed by atoms with Crippen LogP contribution in [0.3, 0.4) is 0 Å². The number of nitrogens with zero attached hydrogens (tertiary/aromatic N) is 1. The van der Waals surface area contributed by atoms with E-state index in [4.69, 9.17) is 0 Å². The van der Waals surface area contributed by atoms with Crippen molar-refractivity contribution in [1.29, 1.82) is 0 Å². The molecule has 0 saturated carbocycles. The van der Waals surface area contributed by atoms with Crippen molar-refractivity contribution in [2.24, 2.45) is 0 Å². The Labute approximate surface area is 53.0 Å². The summed E-state index contributed by atoms with van der Waals surface area (Å²) in [6, 6.07) is 0. The summed E-state index contributed by atoms with van der Waals surface area (Å²) in [7, 11) is 4.30. The summed E-state index contributed by atoms with van der Waals surface area (Å²) in [4.78, 5) is 0. The Hall–Kier alpha value is 0.390. The third kappa shape index (κ3) is 2.64. The molecule has 0 aromatic carbocycles. The summed E-state index contributed by atoms with van der Waals surface area (Å²) in [5, 5.41) is 0. The topological polar surface area (TPSA) is 3.24 Å². The molecule has 0 aliphatic heterocycles. The van der Waals surface area contributed by atoms with Crippen LogP contribution in [0.15, 0.2) is 0 Å². The molecular weight excluding hydrogens is 117 g/mol. The Morgan fingerprint density at radius 1 is 0.875 bits per heavy atom. The quantitative estimate of drug-likeness (QED) is 0.493. The SMILES string of the molecule is CN(C)P(C)(C)(C)C. The summed E-state index contributed by atoms with van der Waals surface area (Å²) in [5.41, 5.74) is 0. The molecule has 0 spiro atoms. The first-order chi connectivity index (χ1) is 3.20. The first kappa shape index (κ1) is 8.39. The molecule has 0 bridgehead atoms.